The van der Waals surface area contributed by atoms with Crippen molar-refractivity contribution in [3.8, 4) is 11.3 Å². The molecule has 0 aliphatic heterocycles. The molecule has 3 nitrogen and oxygen atoms in total. The molecule has 0 fully saturated rings. The quantitative estimate of drug-likeness (QED) is 0.523. The molecule has 2 aromatic carbocycles. The Morgan fingerprint density at radius 1 is 0.950 bits per heavy atom. The lowest BCUT2D eigenvalue weighted by Crippen LogP contribution is -1.88. The van der Waals surface area contributed by atoms with Gasteiger partial charge in [-0.1, -0.05) is 24.3 Å². The maximum absolute atomic E-state index is 4.55. The molecule has 0 aliphatic rings. The van der Waals surface area contributed by atoms with E-state index in [0.717, 1.165) is 32.7 Å². The third kappa shape index (κ3) is 1.77. The van der Waals surface area contributed by atoms with Gasteiger partial charge in [-0.25, -0.2) is 15.0 Å². The van der Waals surface area contributed by atoms with E-state index in [1.54, 1.807) is 17.7 Å². The summed E-state index contributed by atoms with van der Waals surface area (Å²) in [6.45, 7) is 2.03. The summed E-state index contributed by atoms with van der Waals surface area (Å²) in [4.78, 5) is 13.3. The summed E-state index contributed by atoms with van der Waals surface area (Å²) in [5.41, 5.74) is 4.05. The van der Waals surface area contributed by atoms with Crippen molar-refractivity contribution in [2.75, 3.05) is 0 Å². The van der Waals surface area contributed by atoms with E-state index in [4.69, 9.17) is 0 Å². The average Bonchev–Trinajstić information content (AvgIpc) is 2.85. The standard InChI is InChI=1S/C16H11N3S/c1-10-19-14-8-11(6-7-15(14)20-10)16-12-4-2-3-5-13(12)17-9-18-16/h2-9H,1H3. The fraction of sp³-hybridized carbons (Fsp3) is 0.0625. The molecule has 4 heteroatoms. The molecule has 0 N–H and O–H groups in total. The minimum absolute atomic E-state index is 0.961. The van der Waals surface area contributed by atoms with Crippen LogP contribution in [0.3, 0.4) is 0 Å². The van der Waals surface area contributed by atoms with Crippen LogP contribution < -0.4 is 0 Å². The van der Waals surface area contributed by atoms with Crippen molar-refractivity contribution in [1.29, 1.82) is 0 Å². The number of thiazole rings is 1. The van der Waals surface area contributed by atoms with Gasteiger partial charge in [-0.2, -0.15) is 0 Å². The van der Waals surface area contributed by atoms with Gasteiger partial charge in [0.25, 0.3) is 0 Å². The lowest BCUT2D eigenvalue weighted by molar-refractivity contribution is 1.22. The highest BCUT2D eigenvalue weighted by Crippen LogP contribution is 2.29. The third-order valence-electron chi connectivity index (χ3n) is 3.31. The van der Waals surface area contributed by atoms with Gasteiger partial charge in [-0.05, 0) is 25.1 Å². The van der Waals surface area contributed by atoms with Crippen LogP contribution in [0.1, 0.15) is 5.01 Å². The topological polar surface area (TPSA) is 38.7 Å². The molecule has 4 aromatic rings. The zero-order valence-corrected chi connectivity index (χ0v) is 11.7. The Morgan fingerprint density at radius 3 is 2.80 bits per heavy atom. The van der Waals surface area contributed by atoms with E-state index in [1.165, 1.54) is 4.70 Å². The smallest absolute Gasteiger partial charge is 0.116 e. The van der Waals surface area contributed by atoms with E-state index in [1.807, 2.05) is 25.1 Å². The molecule has 0 saturated heterocycles. The summed E-state index contributed by atoms with van der Waals surface area (Å²) in [5.74, 6) is 0. The van der Waals surface area contributed by atoms with Crippen LogP contribution in [0.4, 0.5) is 0 Å². The van der Waals surface area contributed by atoms with Crippen LogP contribution in [-0.4, -0.2) is 15.0 Å². The van der Waals surface area contributed by atoms with Crippen molar-refractivity contribution in [2.45, 2.75) is 6.92 Å². The van der Waals surface area contributed by atoms with Crippen LogP contribution in [-0.2, 0) is 0 Å². The van der Waals surface area contributed by atoms with Crippen molar-refractivity contribution >= 4 is 32.5 Å². The number of nitrogens with zero attached hydrogens (tertiary/aromatic N) is 3. The van der Waals surface area contributed by atoms with Crippen molar-refractivity contribution in [3.63, 3.8) is 0 Å². The highest BCUT2D eigenvalue weighted by atomic mass is 32.1. The number of hydrogen-bond acceptors (Lipinski definition) is 4. The summed E-state index contributed by atoms with van der Waals surface area (Å²) >= 11 is 1.72. The predicted octanol–water partition coefficient (Wildman–Crippen LogP) is 4.21. The molecule has 0 spiro atoms. The number of aromatic nitrogens is 3. The van der Waals surface area contributed by atoms with Gasteiger partial charge in [0.2, 0.25) is 0 Å². The first-order valence-electron chi connectivity index (χ1n) is 6.38. The van der Waals surface area contributed by atoms with E-state index < -0.39 is 0 Å². The molecule has 0 bridgehead atoms. The summed E-state index contributed by atoms with van der Waals surface area (Å²) < 4.78 is 1.21. The summed E-state index contributed by atoms with van der Waals surface area (Å²) in [5, 5.41) is 2.16. The van der Waals surface area contributed by atoms with Gasteiger partial charge in [0, 0.05) is 10.9 Å². The van der Waals surface area contributed by atoms with Crippen LogP contribution in [0.25, 0.3) is 32.4 Å². The Balaban J connectivity index is 2.00. The van der Waals surface area contributed by atoms with Gasteiger partial charge in [-0.3, -0.25) is 0 Å². The predicted molar refractivity (Wildman–Crippen MR) is 82.9 cm³/mol. The van der Waals surface area contributed by atoms with Gasteiger partial charge >= 0.3 is 0 Å². The highest BCUT2D eigenvalue weighted by molar-refractivity contribution is 7.18. The van der Waals surface area contributed by atoms with Crippen molar-refractivity contribution in [1.82, 2.24) is 15.0 Å². The summed E-state index contributed by atoms with van der Waals surface area (Å²) in [6, 6.07) is 14.4. The van der Waals surface area contributed by atoms with E-state index in [9.17, 15) is 0 Å². The number of hydrogen-bond donors (Lipinski definition) is 0. The fourth-order valence-corrected chi connectivity index (χ4v) is 3.23. The largest absolute Gasteiger partial charge is 0.241 e. The minimum atomic E-state index is 0.961. The molecule has 96 valence electrons. The molecular formula is C16H11N3S. The van der Waals surface area contributed by atoms with Crippen LogP contribution in [0.2, 0.25) is 0 Å². The Labute approximate surface area is 120 Å². The number of para-hydroxylation sites is 1. The van der Waals surface area contributed by atoms with E-state index in [2.05, 4.69) is 39.2 Å². The average molecular weight is 277 g/mol. The van der Waals surface area contributed by atoms with Crippen molar-refractivity contribution in [2.24, 2.45) is 0 Å². The van der Waals surface area contributed by atoms with Gasteiger partial charge in [0.05, 0.1) is 26.4 Å². The third-order valence-corrected chi connectivity index (χ3v) is 4.26. The second-order valence-electron chi connectivity index (χ2n) is 4.65. The van der Waals surface area contributed by atoms with Crippen LogP contribution in [0.5, 0.6) is 0 Å². The Kier molecular flexibility index (Phi) is 2.50. The van der Waals surface area contributed by atoms with Crippen LogP contribution >= 0.6 is 11.3 Å². The molecule has 0 aliphatic carbocycles. The maximum Gasteiger partial charge on any atom is 0.116 e. The highest BCUT2D eigenvalue weighted by Gasteiger charge is 2.08. The fourth-order valence-electron chi connectivity index (χ4n) is 2.42. The molecule has 0 radical (unpaired) electrons. The first-order valence-corrected chi connectivity index (χ1v) is 7.20. The first-order chi connectivity index (χ1) is 9.81. The summed E-state index contributed by atoms with van der Waals surface area (Å²) in [7, 11) is 0. The molecule has 0 unspecified atom stereocenters. The number of rotatable bonds is 1. The molecule has 2 heterocycles. The van der Waals surface area contributed by atoms with E-state index in [-0.39, 0.29) is 0 Å². The molecule has 0 atom stereocenters. The van der Waals surface area contributed by atoms with Crippen molar-refractivity contribution in [3.05, 3.63) is 53.8 Å². The number of aryl methyl sites for hydroxylation is 1. The molecule has 20 heavy (non-hydrogen) atoms. The Bertz CT molecular complexity index is 922. The Morgan fingerprint density at radius 2 is 1.85 bits per heavy atom. The molecule has 0 amide bonds. The van der Waals surface area contributed by atoms with E-state index >= 15 is 0 Å². The maximum atomic E-state index is 4.55. The molecular weight excluding hydrogens is 266 g/mol. The second kappa shape index (κ2) is 4.35. The zero-order valence-electron chi connectivity index (χ0n) is 10.9. The van der Waals surface area contributed by atoms with Gasteiger partial charge in [0.1, 0.15) is 6.33 Å². The number of benzene rings is 2. The normalized spacial score (nSPS) is 11.2. The van der Waals surface area contributed by atoms with Gasteiger partial charge in [-0.15, -0.1) is 11.3 Å². The summed E-state index contributed by atoms with van der Waals surface area (Å²) in [6.07, 6.45) is 1.62. The minimum Gasteiger partial charge on any atom is -0.241 e. The Hall–Kier alpha value is -2.33. The lowest BCUT2D eigenvalue weighted by atomic mass is 10.1. The van der Waals surface area contributed by atoms with Gasteiger partial charge < -0.3 is 0 Å². The monoisotopic (exact) mass is 277 g/mol. The molecule has 0 saturated carbocycles. The van der Waals surface area contributed by atoms with Crippen LogP contribution in [0.15, 0.2) is 48.8 Å². The second-order valence-corrected chi connectivity index (χ2v) is 5.89. The molecule has 2 aromatic heterocycles. The lowest BCUT2D eigenvalue weighted by Gasteiger charge is -2.04. The van der Waals surface area contributed by atoms with Crippen LogP contribution in [0, 0.1) is 6.92 Å². The SMILES string of the molecule is Cc1nc2cc(-c3ncnc4ccccc34)ccc2s1. The zero-order chi connectivity index (χ0) is 13.5. The number of fused-ring (bicyclic) bond motifs is 2. The molecule has 4 rings (SSSR count). The van der Waals surface area contributed by atoms with Gasteiger partial charge in [0.15, 0.2) is 0 Å². The first kappa shape index (κ1) is 11.5. The van der Waals surface area contributed by atoms with Crippen molar-refractivity contribution < 1.29 is 0 Å². The van der Waals surface area contributed by atoms with E-state index in [0.29, 0.717) is 0 Å².